The van der Waals surface area contributed by atoms with Gasteiger partial charge in [-0.3, -0.25) is 9.69 Å². The average Bonchev–Trinajstić information content (AvgIpc) is 2.47. The van der Waals surface area contributed by atoms with Gasteiger partial charge in [-0.1, -0.05) is 17.7 Å². The Morgan fingerprint density at radius 2 is 2.00 bits per heavy atom. The second kappa shape index (κ2) is 7.99. The minimum atomic E-state index is -0.103. The quantitative estimate of drug-likeness (QED) is 0.757. The van der Waals surface area contributed by atoms with Crippen molar-refractivity contribution in [1.82, 2.24) is 10.2 Å². The van der Waals surface area contributed by atoms with Gasteiger partial charge in [0, 0.05) is 38.4 Å². The van der Waals surface area contributed by atoms with Gasteiger partial charge in [-0.2, -0.15) is 0 Å². The van der Waals surface area contributed by atoms with Crippen molar-refractivity contribution in [3.63, 3.8) is 0 Å². The van der Waals surface area contributed by atoms with Crippen LogP contribution in [0.1, 0.15) is 5.56 Å². The molecule has 110 valence electrons. The number of carbonyl (C=O) groups excluding carboxylic acids is 1. The van der Waals surface area contributed by atoms with Gasteiger partial charge < -0.3 is 15.4 Å². The largest absolute Gasteiger partial charge is 0.370 e. The van der Waals surface area contributed by atoms with Crippen LogP contribution < -0.4 is 10.6 Å². The lowest BCUT2D eigenvalue weighted by molar-refractivity contribution is -0.120. The highest BCUT2D eigenvalue weighted by molar-refractivity contribution is 5.91. The van der Waals surface area contributed by atoms with E-state index in [2.05, 4.69) is 15.5 Å². The minimum Gasteiger partial charge on any atom is -0.370 e. The highest BCUT2D eigenvalue weighted by Crippen LogP contribution is 2.08. The molecule has 2 rings (SSSR count). The van der Waals surface area contributed by atoms with E-state index >= 15 is 0 Å². The summed E-state index contributed by atoms with van der Waals surface area (Å²) in [6, 6.07) is 7.74. The molecule has 0 atom stereocenters. The SMILES string of the molecule is Cc1ccc(NC(=O)COCCN2CCNCC2)cc1. The number of hydrogen-bond donors (Lipinski definition) is 2. The first-order chi connectivity index (χ1) is 9.74. The van der Waals surface area contributed by atoms with Gasteiger partial charge in [0.2, 0.25) is 5.91 Å². The highest BCUT2D eigenvalue weighted by atomic mass is 16.5. The molecule has 1 saturated heterocycles. The minimum absolute atomic E-state index is 0.103. The molecule has 1 fully saturated rings. The molecule has 0 bridgehead atoms. The van der Waals surface area contributed by atoms with Crippen LogP contribution >= 0.6 is 0 Å². The zero-order chi connectivity index (χ0) is 14.2. The van der Waals surface area contributed by atoms with Gasteiger partial charge in [0.1, 0.15) is 6.61 Å². The lowest BCUT2D eigenvalue weighted by atomic mass is 10.2. The molecule has 0 spiro atoms. The Bertz CT molecular complexity index is 414. The molecule has 0 radical (unpaired) electrons. The summed E-state index contributed by atoms with van der Waals surface area (Å²) in [6.07, 6.45) is 0. The van der Waals surface area contributed by atoms with E-state index in [4.69, 9.17) is 4.74 Å². The van der Waals surface area contributed by atoms with E-state index in [1.807, 2.05) is 31.2 Å². The van der Waals surface area contributed by atoms with Crippen LogP contribution in [0.25, 0.3) is 0 Å². The summed E-state index contributed by atoms with van der Waals surface area (Å²) >= 11 is 0. The second-order valence-electron chi connectivity index (χ2n) is 5.06. The van der Waals surface area contributed by atoms with Crippen LogP contribution in [0.4, 0.5) is 5.69 Å². The number of hydrogen-bond acceptors (Lipinski definition) is 4. The van der Waals surface area contributed by atoms with E-state index in [1.165, 1.54) is 5.56 Å². The Balaban J connectivity index is 1.59. The summed E-state index contributed by atoms with van der Waals surface area (Å²) in [5, 5.41) is 6.13. The lowest BCUT2D eigenvalue weighted by Crippen LogP contribution is -2.44. The predicted molar refractivity (Wildman–Crippen MR) is 79.9 cm³/mol. The second-order valence-corrected chi connectivity index (χ2v) is 5.06. The Morgan fingerprint density at radius 1 is 1.30 bits per heavy atom. The number of aryl methyl sites for hydroxylation is 1. The maximum Gasteiger partial charge on any atom is 0.250 e. The highest BCUT2D eigenvalue weighted by Gasteiger charge is 2.09. The summed E-state index contributed by atoms with van der Waals surface area (Å²) in [5.41, 5.74) is 1.99. The number of benzene rings is 1. The van der Waals surface area contributed by atoms with Crippen molar-refractivity contribution in [3.05, 3.63) is 29.8 Å². The van der Waals surface area contributed by atoms with Gasteiger partial charge in [0.05, 0.1) is 6.61 Å². The van der Waals surface area contributed by atoms with Crippen molar-refractivity contribution in [3.8, 4) is 0 Å². The van der Waals surface area contributed by atoms with E-state index in [1.54, 1.807) is 0 Å². The van der Waals surface area contributed by atoms with Crippen molar-refractivity contribution in [2.75, 3.05) is 51.3 Å². The molecule has 1 amide bonds. The standard InChI is InChI=1S/C15H23N3O2/c1-13-2-4-14(5-3-13)17-15(19)12-20-11-10-18-8-6-16-7-9-18/h2-5,16H,6-12H2,1H3,(H,17,19). The third kappa shape index (κ3) is 5.28. The van der Waals surface area contributed by atoms with Crippen molar-refractivity contribution >= 4 is 11.6 Å². The van der Waals surface area contributed by atoms with Crippen molar-refractivity contribution in [1.29, 1.82) is 0 Å². The Labute approximate surface area is 120 Å². The van der Waals surface area contributed by atoms with E-state index in [9.17, 15) is 4.79 Å². The van der Waals surface area contributed by atoms with Gasteiger partial charge in [-0.15, -0.1) is 0 Å². The summed E-state index contributed by atoms with van der Waals surface area (Å²) in [4.78, 5) is 14.0. The normalized spacial score (nSPS) is 16.1. The van der Waals surface area contributed by atoms with Crippen molar-refractivity contribution in [2.24, 2.45) is 0 Å². The van der Waals surface area contributed by atoms with Crippen LogP contribution in [0.2, 0.25) is 0 Å². The Hall–Kier alpha value is -1.43. The molecule has 1 aliphatic rings. The molecule has 0 saturated carbocycles. The molecular formula is C15H23N3O2. The zero-order valence-electron chi connectivity index (χ0n) is 12.0. The summed E-state index contributed by atoms with van der Waals surface area (Å²) in [7, 11) is 0. The molecule has 20 heavy (non-hydrogen) atoms. The van der Waals surface area contributed by atoms with Gasteiger partial charge in [-0.25, -0.2) is 0 Å². The van der Waals surface area contributed by atoms with Gasteiger partial charge in [-0.05, 0) is 19.1 Å². The smallest absolute Gasteiger partial charge is 0.250 e. The lowest BCUT2D eigenvalue weighted by Gasteiger charge is -2.26. The van der Waals surface area contributed by atoms with Crippen molar-refractivity contribution in [2.45, 2.75) is 6.92 Å². The molecule has 5 heteroatoms. The molecule has 5 nitrogen and oxygen atoms in total. The number of nitrogens with zero attached hydrogens (tertiary/aromatic N) is 1. The molecule has 2 N–H and O–H groups in total. The maximum absolute atomic E-state index is 11.7. The van der Waals surface area contributed by atoms with Gasteiger partial charge >= 0.3 is 0 Å². The van der Waals surface area contributed by atoms with E-state index in [0.717, 1.165) is 38.4 Å². The van der Waals surface area contributed by atoms with Crippen LogP contribution in [-0.4, -0.2) is 56.7 Å². The van der Waals surface area contributed by atoms with Crippen LogP contribution in [0.15, 0.2) is 24.3 Å². The van der Waals surface area contributed by atoms with Gasteiger partial charge in [0.15, 0.2) is 0 Å². The van der Waals surface area contributed by atoms with Gasteiger partial charge in [0.25, 0.3) is 0 Å². The summed E-state index contributed by atoms with van der Waals surface area (Å²) in [5.74, 6) is -0.103. The first kappa shape index (κ1) is 15.0. The first-order valence-electron chi connectivity index (χ1n) is 7.11. The summed E-state index contributed by atoms with van der Waals surface area (Å²) in [6.45, 7) is 7.80. The third-order valence-corrected chi connectivity index (χ3v) is 3.33. The molecule has 1 aromatic rings. The Kier molecular flexibility index (Phi) is 5.98. The molecule has 1 aromatic carbocycles. The van der Waals surface area contributed by atoms with E-state index in [-0.39, 0.29) is 12.5 Å². The molecule has 1 aliphatic heterocycles. The number of nitrogens with one attached hydrogen (secondary N) is 2. The molecule has 0 unspecified atom stereocenters. The number of carbonyl (C=O) groups is 1. The number of anilines is 1. The first-order valence-corrected chi connectivity index (χ1v) is 7.11. The number of piperazine rings is 1. The van der Waals surface area contributed by atoms with E-state index < -0.39 is 0 Å². The fourth-order valence-corrected chi connectivity index (χ4v) is 2.13. The molecule has 0 aromatic heterocycles. The van der Waals surface area contributed by atoms with Crippen molar-refractivity contribution < 1.29 is 9.53 Å². The van der Waals surface area contributed by atoms with Crippen LogP contribution in [0.3, 0.4) is 0 Å². The number of rotatable bonds is 6. The fourth-order valence-electron chi connectivity index (χ4n) is 2.13. The Morgan fingerprint density at radius 3 is 2.70 bits per heavy atom. The van der Waals surface area contributed by atoms with Crippen LogP contribution in [0.5, 0.6) is 0 Å². The average molecular weight is 277 g/mol. The number of amides is 1. The topological polar surface area (TPSA) is 53.6 Å². The maximum atomic E-state index is 11.7. The fraction of sp³-hybridized carbons (Fsp3) is 0.533. The van der Waals surface area contributed by atoms with Crippen LogP contribution in [-0.2, 0) is 9.53 Å². The molecular weight excluding hydrogens is 254 g/mol. The van der Waals surface area contributed by atoms with E-state index in [0.29, 0.717) is 6.61 Å². The van der Waals surface area contributed by atoms with Crippen LogP contribution in [0, 0.1) is 6.92 Å². The predicted octanol–water partition coefficient (Wildman–Crippen LogP) is 0.855. The zero-order valence-corrected chi connectivity index (χ0v) is 12.0. The molecule has 0 aliphatic carbocycles. The number of ether oxygens (including phenoxy) is 1. The monoisotopic (exact) mass is 277 g/mol. The third-order valence-electron chi connectivity index (χ3n) is 3.33. The molecule has 1 heterocycles. The summed E-state index contributed by atoms with van der Waals surface area (Å²) < 4.78 is 5.42.